The molecule has 1 saturated heterocycles. The average molecular weight is 346 g/mol. The van der Waals surface area contributed by atoms with Gasteiger partial charge in [0.1, 0.15) is 5.75 Å². The summed E-state index contributed by atoms with van der Waals surface area (Å²) >= 11 is 2.31. The molecule has 17 heavy (non-hydrogen) atoms. The van der Waals surface area contributed by atoms with Crippen molar-refractivity contribution in [2.24, 2.45) is 0 Å². The van der Waals surface area contributed by atoms with Crippen molar-refractivity contribution in [1.29, 1.82) is 0 Å². The van der Waals surface area contributed by atoms with E-state index in [-0.39, 0.29) is 0 Å². The number of hydrogen-bond acceptors (Lipinski definition) is 3. The van der Waals surface area contributed by atoms with E-state index in [9.17, 15) is 0 Å². The summed E-state index contributed by atoms with van der Waals surface area (Å²) in [6.45, 7) is 6.54. The zero-order valence-corrected chi connectivity index (χ0v) is 12.2. The molecule has 0 radical (unpaired) electrons. The molecule has 1 N–H and O–H groups in total. The number of rotatable bonds is 5. The van der Waals surface area contributed by atoms with Gasteiger partial charge in [-0.25, -0.2) is 0 Å². The normalized spacial score (nSPS) is 17.0. The number of nitrogens with zero attached hydrogens (tertiary/aromatic N) is 1. The number of benzene rings is 1. The molecule has 3 nitrogen and oxygen atoms in total. The predicted molar refractivity (Wildman–Crippen MR) is 78.6 cm³/mol. The van der Waals surface area contributed by atoms with Crippen LogP contribution in [0.15, 0.2) is 24.3 Å². The minimum absolute atomic E-state index is 0.810. The van der Waals surface area contributed by atoms with Gasteiger partial charge in [0.25, 0.3) is 0 Å². The third kappa shape index (κ3) is 4.81. The monoisotopic (exact) mass is 346 g/mol. The molecule has 1 heterocycles. The zero-order chi connectivity index (χ0) is 11.9. The summed E-state index contributed by atoms with van der Waals surface area (Å²) < 4.78 is 6.96. The van der Waals surface area contributed by atoms with Gasteiger partial charge >= 0.3 is 0 Å². The van der Waals surface area contributed by atoms with Crippen LogP contribution in [0.2, 0.25) is 0 Å². The van der Waals surface area contributed by atoms with Crippen molar-refractivity contribution in [3.05, 3.63) is 27.8 Å². The van der Waals surface area contributed by atoms with Crippen molar-refractivity contribution in [3.8, 4) is 5.75 Å². The summed E-state index contributed by atoms with van der Waals surface area (Å²) in [6, 6.07) is 8.21. The molecule has 0 saturated carbocycles. The Hall–Kier alpha value is -0.330. The Morgan fingerprint density at radius 1 is 1.29 bits per heavy atom. The number of nitrogens with one attached hydrogen (secondary N) is 1. The van der Waals surface area contributed by atoms with E-state index in [1.54, 1.807) is 0 Å². The summed E-state index contributed by atoms with van der Waals surface area (Å²) in [7, 11) is 0. The number of ether oxygens (including phenoxy) is 1. The Morgan fingerprint density at radius 2 is 2.12 bits per heavy atom. The molecule has 1 aliphatic rings. The quantitative estimate of drug-likeness (QED) is 0.652. The van der Waals surface area contributed by atoms with Crippen LogP contribution in [-0.2, 0) is 0 Å². The van der Waals surface area contributed by atoms with E-state index in [1.807, 2.05) is 12.1 Å². The molecule has 0 amide bonds. The molecule has 0 aromatic heterocycles. The molecule has 1 aromatic rings. The Morgan fingerprint density at radius 3 is 2.88 bits per heavy atom. The molecule has 94 valence electrons. The van der Waals surface area contributed by atoms with E-state index in [0.29, 0.717) is 0 Å². The summed E-state index contributed by atoms with van der Waals surface area (Å²) in [6.07, 6.45) is 1.10. The fraction of sp³-hybridized carbons (Fsp3) is 0.538. The molecule has 1 aromatic carbocycles. The first kappa shape index (κ1) is 13.1. The van der Waals surface area contributed by atoms with Crippen LogP contribution in [0.25, 0.3) is 0 Å². The van der Waals surface area contributed by atoms with Gasteiger partial charge in [-0.15, -0.1) is 0 Å². The molecular formula is C13H19IN2O. The third-order valence-corrected chi connectivity index (χ3v) is 3.56. The van der Waals surface area contributed by atoms with Crippen molar-refractivity contribution < 1.29 is 4.74 Å². The SMILES string of the molecule is Ic1cccc(OCCCN2CCNCC2)c1. The van der Waals surface area contributed by atoms with Crippen LogP contribution in [0.5, 0.6) is 5.75 Å². The van der Waals surface area contributed by atoms with E-state index in [0.717, 1.165) is 38.4 Å². The second-order valence-corrected chi connectivity index (χ2v) is 5.50. The van der Waals surface area contributed by atoms with E-state index >= 15 is 0 Å². The largest absolute Gasteiger partial charge is 0.494 e. The van der Waals surface area contributed by atoms with Crippen LogP contribution >= 0.6 is 22.6 Å². The van der Waals surface area contributed by atoms with E-state index in [1.165, 1.54) is 16.7 Å². The molecule has 1 fully saturated rings. The third-order valence-electron chi connectivity index (χ3n) is 2.89. The molecule has 0 unspecified atom stereocenters. The van der Waals surface area contributed by atoms with Gasteiger partial charge in [-0.05, 0) is 47.2 Å². The summed E-state index contributed by atoms with van der Waals surface area (Å²) in [5, 5.41) is 3.36. The molecule has 0 aliphatic carbocycles. The van der Waals surface area contributed by atoms with Crippen molar-refractivity contribution in [2.45, 2.75) is 6.42 Å². The maximum atomic E-state index is 5.73. The van der Waals surface area contributed by atoms with Crippen LogP contribution in [-0.4, -0.2) is 44.2 Å². The first-order valence-corrected chi connectivity index (χ1v) is 7.24. The molecule has 0 spiro atoms. The number of halogens is 1. The van der Waals surface area contributed by atoms with Gasteiger partial charge in [0.15, 0.2) is 0 Å². The lowest BCUT2D eigenvalue weighted by atomic mass is 10.3. The standard InChI is InChI=1S/C13H19IN2O/c14-12-3-1-4-13(11-12)17-10-2-7-16-8-5-15-6-9-16/h1,3-4,11,15H,2,5-10H2. The molecule has 2 rings (SSSR count). The fourth-order valence-electron chi connectivity index (χ4n) is 1.97. The number of hydrogen-bond donors (Lipinski definition) is 1. The first-order chi connectivity index (χ1) is 8.34. The molecular weight excluding hydrogens is 327 g/mol. The van der Waals surface area contributed by atoms with Gasteiger partial charge < -0.3 is 15.0 Å². The van der Waals surface area contributed by atoms with E-state index in [4.69, 9.17) is 4.74 Å². The van der Waals surface area contributed by atoms with Crippen LogP contribution in [0.3, 0.4) is 0 Å². The van der Waals surface area contributed by atoms with Crippen LogP contribution < -0.4 is 10.1 Å². The van der Waals surface area contributed by atoms with Gasteiger partial charge in [0.2, 0.25) is 0 Å². The second-order valence-electron chi connectivity index (χ2n) is 4.25. The van der Waals surface area contributed by atoms with Gasteiger partial charge in [0, 0.05) is 36.3 Å². The van der Waals surface area contributed by atoms with Gasteiger partial charge in [-0.2, -0.15) is 0 Å². The molecule has 1 aliphatic heterocycles. The summed E-state index contributed by atoms with van der Waals surface area (Å²) in [4.78, 5) is 2.49. The van der Waals surface area contributed by atoms with Crippen molar-refractivity contribution in [3.63, 3.8) is 0 Å². The molecule has 0 atom stereocenters. The highest BCUT2D eigenvalue weighted by Crippen LogP contribution is 2.14. The minimum Gasteiger partial charge on any atom is -0.494 e. The topological polar surface area (TPSA) is 24.5 Å². The Kier molecular flexibility index (Phi) is 5.54. The lowest BCUT2D eigenvalue weighted by Gasteiger charge is -2.26. The van der Waals surface area contributed by atoms with Crippen molar-refractivity contribution in [2.75, 3.05) is 39.3 Å². The van der Waals surface area contributed by atoms with E-state index < -0.39 is 0 Å². The van der Waals surface area contributed by atoms with E-state index in [2.05, 4.69) is 44.9 Å². The summed E-state index contributed by atoms with van der Waals surface area (Å²) in [5.74, 6) is 0.984. The highest BCUT2D eigenvalue weighted by atomic mass is 127. The van der Waals surface area contributed by atoms with Gasteiger partial charge in [-0.3, -0.25) is 0 Å². The van der Waals surface area contributed by atoms with Crippen LogP contribution in [0.4, 0.5) is 0 Å². The van der Waals surface area contributed by atoms with Crippen LogP contribution in [0.1, 0.15) is 6.42 Å². The van der Waals surface area contributed by atoms with Crippen LogP contribution in [0, 0.1) is 3.57 Å². The Balaban J connectivity index is 1.62. The van der Waals surface area contributed by atoms with Crippen molar-refractivity contribution in [1.82, 2.24) is 10.2 Å². The Labute approximate surface area is 117 Å². The highest BCUT2D eigenvalue weighted by Gasteiger charge is 2.08. The first-order valence-electron chi connectivity index (χ1n) is 6.16. The van der Waals surface area contributed by atoms with Crippen molar-refractivity contribution >= 4 is 22.6 Å². The van der Waals surface area contributed by atoms with Gasteiger partial charge in [0.05, 0.1) is 6.61 Å². The lowest BCUT2D eigenvalue weighted by molar-refractivity contribution is 0.214. The smallest absolute Gasteiger partial charge is 0.120 e. The van der Waals surface area contributed by atoms with Gasteiger partial charge in [-0.1, -0.05) is 6.07 Å². The second kappa shape index (κ2) is 7.18. The molecule has 0 bridgehead atoms. The Bertz CT molecular complexity index is 340. The summed E-state index contributed by atoms with van der Waals surface area (Å²) in [5.41, 5.74) is 0. The molecule has 4 heteroatoms. The predicted octanol–water partition coefficient (Wildman–Crippen LogP) is 1.97. The highest BCUT2D eigenvalue weighted by molar-refractivity contribution is 14.1. The average Bonchev–Trinajstić information content (AvgIpc) is 2.36. The fourth-order valence-corrected chi connectivity index (χ4v) is 2.48. The zero-order valence-electron chi connectivity index (χ0n) is 9.99. The lowest BCUT2D eigenvalue weighted by Crippen LogP contribution is -2.43. The maximum Gasteiger partial charge on any atom is 0.120 e. The number of piperazine rings is 1. The minimum atomic E-state index is 0.810. The maximum absolute atomic E-state index is 5.73.